The number of nitrogens with one attached hydrogen (secondary N) is 1. The lowest BCUT2D eigenvalue weighted by Crippen LogP contribution is -2.39. The second kappa shape index (κ2) is 4.12. The number of rotatable bonds is 3. The average molecular weight is 210 g/mol. The molecule has 0 aliphatic heterocycles. The van der Waals surface area contributed by atoms with Gasteiger partial charge in [-0.2, -0.15) is 0 Å². The summed E-state index contributed by atoms with van der Waals surface area (Å²) in [6.07, 6.45) is 6.62. The Morgan fingerprint density at radius 1 is 1.47 bits per heavy atom. The Balaban J connectivity index is 1.74. The van der Waals surface area contributed by atoms with Gasteiger partial charge in [0.2, 0.25) is 5.91 Å². The van der Waals surface area contributed by atoms with Crippen molar-refractivity contribution in [3.63, 3.8) is 0 Å². The Bertz CT molecular complexity index is 248. The van der Waals surface area contributed by atoms with Gasteiger partial charge < -0.3 is 11.1 Å². The molecule has 15 heavy (non-hydrogen) atoms. The first-order valence-electron chi connectivity index (χ1n) is 6.12. The number of hydrogen-bond acceptors (Lipinski definition) is 2. The molecule has 86 valence electrons. The molecule has 1 amide bonds. The highest BCUT2D eigenvalue weighted by molar-refractivity contribution is 5.78. The fourth-order valence-corrected chi connectivity index (χ4v) is 2.30. The number of amides is 1. The SMILES string of the molecule is CC1(CNC(=O)C2CCCC(N)C2)CC1. The van der Waals surface area contributed by atoms with Gasteiger partial charge in [-0.25, -0.2) is 0 Å². The molecule has 0 heterocycles. The van der Waals surface area contributed by atoms with Gasteiger partial charge in [0.25, 0.3) is 0 Å². The van der Waals surface area contributed by atoms with E-state index in [1.807, 2.05) is 0 Å². The fourth-order valence-electron chi connectivity index (χ4n) is 2.30. The van der Waals surface area contributed by atoms with Gasteiger partial charge in [0.05, 0.1) is 0 Å². The van der Waals surface area contributed by atoms with E-state index in [-0.39, 0.29) is 17.9 Å². The zero-order valence-corrected chi connectivity index (χ0v) is 9.59. The molecule has 0 aromatic heterocycles. The zero-order valence-electron chi connectivity index (χ0n) is 9.59. The second-order valence-corrected chi connectivity index (χ2v) is 5.65. The molecular weight excluding hydrogens is 188 g/mol. The fraction of sp³-hybridized carbons (Fsp3) is 0.917. The maximum absolute atomic E-state index is 11.9. The van der Waals surface area contributed by atoms with Crippen molar-refractivity contribution in [1.29, 1.82) is 0 Å². The summed E-state index contributed by atoms with van der Waals surface area (Å²) in [7, 11) is 0. The van der Waals surface area contributed by atoms with Gasteiger partial charge in [0.15, 0.2) is 0 Å². The molecule has 2 atom stereocenters. The maximum atomic E-state index is 11.9. The molecule has 2 rings (SSSR count). The van der Waals surface area contributed by atoms with Crippen molar-refractivity contribution in [2.75, 3.05) is 6.54 Å². The van der Waals surface area contributed by atoms with Crippen molar-refractivity contribution < 1.29 is 4.79 Å². The summed E-state index contributed by atoms with van der Waals surface area (Å²) in [4.78, 5) is 11.9. The van der Waals surface area contributed by atoms with Gasteiger partial charge in [-0.1, -0.05) is 13.3 Å². The molecule has 2 fully saturated rings. The summed E-state index contributed by atoms with van der Waals surface area (Å²) < 4.78 is 0. The first kappa shape index (κ1) is 10.9. The molecule has 2 unspecified atom stereocenters. The maximum Gasteiger partial charge on any atom is 0.223 e. The molecule has 3 N–H and O–H groups in total. The van der Waals surface area contributed by atoms with Crippen molar-refractivity contribution >= 4 is 5.91 Å². The highest BCUT2D eigenvalue weighted by atomic mass is 16.1. The lowest BCUT2D eigenvalue weighted by Gasteiger charge is -2.26. The third kappa shape index (κ3) is 2.94. The lowest BCUT2D eigenvalue weighted by molar-refractivity contribution is -0.126. The Hall–Kier alpha value is -0.570. The van der Waals surface area contributed by atoms with Crippen LogP contribution in [0, 0.1) is 11.3 Å². The normalized spacial score (nSPS) is 33.5. The van der Waals surface area contributed by atoms with Gasteiger partial charge in [0, 0.05) is 18.5 Å². The van der Waals surface area contributed by atoms with Gasteiger partial charge in [-0.3, -0.25) is 4.79 Å². The van der Waals surface area contributed by atoms with Crippen LogP contribution in [0.25, 0.3) is 0 Å². The summed E-state index contributed by atoms with van der Waals surface area (Å²) in [5.41, 5.74) is 6.29. The summed E-state index contributed by atoms with van der Waals surface area (Å²) in [6, 6.07) is 0.242. The summed E-state index contributed by atoms with van der Waals surface area (Å²) in [5, 5.41) is 3.08. The Morgan fingerprint density at radius 2 is 2.20 bits per heavy atom. The predicted octanol–water partition coefficient (Wildman–Crippen LogP) is 1.42. The third-order valence-corrected chi connectivity index (χ3v) is 3.88. The van der Waals surface area contributed by atoms with E-state index in [1.165, 1.54) is 12.8 Å². The van der Waals surface area contributed by atoms with Gasteiger partial charge in [0.1, 0.15) is 0 Å². The van der Waals surface area contributed by atoms with Crippen LogP contribution in [0.5, 0.6) is 0 Å². The topological polar surface area (TPSA) is 55.1 Å². The van der Waals surface area contributed by atoms with Crippen molar-refractivity contribution in [2.45, 2.75) is 51.5 Å². The summed E-state index contributed by atoms with van der Waals surface area (Å²) >= 11 is 0. The van der Waals surface area contributed by atoms with E-state index in [0.29, 0.717) is 5.41 Å². The quantitative estimate of drug-likeness (QED) is 0.740. The van der Waals surface area contributed by atoms with Crippen molar-refractivity contribution in [3.05, 3.63) is 0 Å². The molecule has 0 bridgehead atoms. The molecule has 3 nitrogen and oxygen atoms in total. The average Bonchev–Trinajstić information content (AvgIpc) is 2.94. The Morgan fingerprint density at radius 3 is 2.80 bits per heavy atom. The van der Waals surface area contributed by atoms with E-state index in [4.69, 9.17) is 5.73 Å². The molecular formula is C12H22N2O. The molecule has 0 aromatic rings. The van der Waals surface area contributed by atoms with Crippen LogP contribution >= 0.6 is 0 Å². The second-order valence-electron chi connectivity index (χ2n) is 5.65. The molecule has 2 aliphatic carbocycles. The molecule has 3 heteroatoms. The molecule has 0 spiro atoms. The molecule has 0 saturated heterocycles. The highest BCUT2D eigenvalue weighted by Gasteiger charge is 2.38. The molecule has 0 radical (unpaired) electrons. The predicted molar refractivity (Wildman–Crippen MR) is 60.3 cm³/mol. The van der Waals surface area contributed by atoms with Crippen LogP contribution in [0.4, 0.5) is 0 Å². The van der Waals surface area contributed by atoms with Crippen LogP contribution < -0.4 is 11.1 Å². The number of carbonyl (C=O) groups excluding carboxylic acids is 1. The van der Waals surface area contributed by atoms with Gasteiger partial charge in [-0.05, 0) is 37.5 Å². The minimum atomic E-state index is 0.177. The smallest absolute Gasteiger partial charge is 0.223 e. The van der Waals surface area contributed by atoms with E-state index < -0.39 is 0 Å². The lowest BCUT2D eigenvalue weighted by atomic mass is 9.85. The number of carbonyl (C=O) groups is 1. The van der Waals surface area contributed by atoms with E-state index in [1.54, 1.807) is 0 Å². The van der Waals surface area contributed by atoms with E-state index in [0.717, 1.165) is 32.2 Å². The van der Waals surface area contributed by atoms with Gasteiger partial charge in [-0.15, -0.1) is 0 Å². The van der Waals surface area contributed by atoms with Crippen molar-refractivity contribution in [1.82, 2.24) is 5.32 Å². The first-order valence-corrected chi connectivity index (χ1v) is 6.12. The van der Waals surface area contributed by atoms with Crippen molar-refractivity contribution in [2.24, 2.45) is 17.1 Å². The van der Waals surface area contributed by atoms with E-state index >= 15 is 0 Å². The number of nitrogens with two attached hydrogens (primary N) is 1. The Kier molecular flexibility index (Phi) is 3.01. The van der Waals surface area contributed by atoms with E-state index in [9.17, 15) is 4.79 Å². The van der Waals surface area contributed by atoms with Crippen LogP contribution in [0.15, 0.2) is 0 Å². The highest BCUT2D eigenvalue weighted by Crippen LogP contribution is 2.44. The molecule has 0 aromatic carbocycles. The molecule has 2 aliphatic rings. The van der Waals surface area contributed by atoms with Gasteiger partial charge >= 0.3 is 0 Å². The van der Waals surface area contributed by atoms with E-state index in [2.05, 4.69) is 12.2 Å². The van der Waals surface area contributed by atoms with Crippen LogP contribution in [0.2, 0.25) is 0 Å². The monoisotopic (exact) mass is 210 g/mol. The minimum Gasteiger partial charge on any atom is -0.355 e. The summed E-state index contributed by atoms with van der Waals surface area (Å²) in [5.74, 6) is 0.411. The number of hydrogen-bond donors (Lipinski definition) is 2. The zero-order chi connectivity index (χ0) is 10.9. The standard InChI is InChI=1S/C12H22N2O/c1-12(5-6-12)8-14-11(15)9-3-2-4-10(13)7-9/h9-10H,2-8,13H2,1H3,(H,14,15). The van der Waals surface area contributed by atoms with Crippen LogP contribution in [0.1, 0.15) is 45.4 Å². The first-order chi connectivity index (χ1) is 7.09. The van der Waals surface area contributed by atoms with Crippen LogP contribution in [-0.4, -0.2) is 18.5 Å². The van der Waals surface area contributed by atoms with Crippen LogP contribution in [-0.2, 0) is 4.79 Å². The third-order valence-electron chi connectivity index (χ3n) is 3.88. The molecule has 2 saturated carbocycles. The van der Waals surface area contributed by atoms with Crippen LogP contribution in [0.3, 0.4) is 0 Å². The Labute approximate surface area is 91.8 Å². The summed E-state index contributed by atoms with van der Waals surface area (Å²) in [6.45, 7) is 3.09. The minimum absolute atomic E-state index is 0.177. The largest absolute Gasteiger partial charge is 0.355 e. The van der Waals surface area contributed by atoms with Crippen molar-refractivity contribution in [3.8, 4) is 0 Å².